The second-order valence-electron chi connectivity index (χ2n) is 5.62. The van der Waals surface area contributed by atoms with Crippen LogP contribution in [0.25, 0.3) is 0 Å². The number of aromatic nitrogens is 1. The summed E-state index contributed by atoms with van der Waals surface area (Å²) in [5.41, 5.74) is 0.253. The highest BCUT2D eigenvalue weighted by Gasteiger charge is 2.30. The van der Waals surface area contributed by atoms with Crippen LogP contribution in [0.1, 0.15) is 33.4 Å². The highest BCUT2D eigenvalue weighted by Crippen LogP contribution is 2.25. The molecule has 0 aliphatic rings. The van der Waals surface area contributed by atoms with Crippen LogP contribution in [0.4, 0.5) is 0 Å². The molecule has 18 heavy (non-hydrogen) atoms. The fraction of sp³-hybridized carbons (Fsp3) is 0.692. The summed E-state index contributed by atoms with van der Waals surface area (Å²) < 4.78 is 4.66. The molecule has 0 spiro atoms. The van der Waals surface area contributed by atoms with E-state index in [1.54, 1.807) is 6.07 Å². The number of hydrogen-bond donors (Lipinski definition) is 2. The van der Waals surface area contributed by atoms with E-state index in [1.807, 2.05) is 27.7 Å². The van der Waals surface area contributed by atoms with E-state index < -0.39 is 6.10 Å². The van der Waals surface area contributed by atoms with Gasteiger partial charge in [-0.25, -0.2) is 0 Å². The molecule has 0 radical (unpaired) electrons. The molecule has 0 aromatic carbocycles. The maximum absolute atomic E-state index is 11.7. The highest BCUT2D eigenvalue weighted by molar-refractivity contribution is 5.78. The van der Waals surface area contributed by atoms with E-state index in [2.05, 4.69) is 15.0 Å². The fourth-order valence-corrected chi connectivity index (χ4v) is 1.89. The Morgan fingerprint density at radius 3 is 2.72 bits per heavy atom. The molecule has 0 saturated carbocycles. The molecule has 0 fully saturated rings. The number of carbonyl (C=O) groups excluding carboxylic acids is 1. The van der Waals surface area contributed by atoms with Crippen molar-refractivity contribution in [2.24, 2.45) is 11.3 Å². The Kier molecular flexibility index (Phi) is 4.90. The second kappa shape index (κ2) is 6.00. The third-order valence-electron chi connectivity index (χ3n) is 3.01. The summed E-state index contributed by atoms with van der Waals surface area (Å²) in [6, 6.07) is 1.66. The van der Waals surface area contributed by atoms with Gasteiger partial charge in [0.1, 0.15) is 6.26 Å². The highest BCUT2D eigenvalue weighted by atomic mass is 16.5. The lowest BCUT2D eigenvalue weighted by Gasteiger charge is -2.33. The van der Waals surface area contributed by atoms with Crippen molar-refractivity contribution in [3.8, 4) is 0 Å². The molecule has 0 saturated heterocycles. The Labute approximate surface area is 108 Å². The molecule has 1 unspecified atom stereocenters. The minimum absolute atomic E-state index is 0.118. The van der Waals surface area contributed by atoms with Crippen LogP contribution < -0.4 is 5.32 Å². The van der Waals surface area contributed by atoms with Crippen LogP contribution in [-0.2, 0) is 11.2 Å². The van der Waals surface area contributed by atoms with Gasteiger partial charge in [-0.05, 0) is 5.92 Å². The summed E-state index contributed by atoms with van der Waals surface area (Å²) >= 11 is 0. The molecule has 2 N–H and O–H groups in total. The maximum atomic E-state index is 11.7. The van der Waals surface area contributed by atoms with Gasteiger partial charge in [0, 0.05) is 18.0 Å². The Morgan fingerprint density at radius 2 is 2.22 bits per heavy atom. The van der Waals surface area contributed by atoms with Crippen molar-refractivity contribution >= 4 is 5.91 Å². The molecule has 102 valence electrons. The molecule has 1 heterocycles. The van der Waals surface area contributed by atoms with Gasteiger partial charge in [0.25, 0.3) is 0 Å². The van der Waals surface area contributed by atoms with Crippen molar-refractivity contribution in [2.75, 3.05) is 6.54 Å². The second-order valence-corrected chi connectivity index (χ2v) is 5.62. The van der Waals surface area contributed by atoms with E-state index >= 15 is 0 Å². The monoisotopic (exact) mass is 254 g/mol. The van der Waals surface area contributed by atoms with E-state index in [0.717, 1.165) is 0 Å². The molecule has 1 atom stereocenters. The van der Waals surface area contributed by atoms with E-state index in [9.17, 15) is 9.90 Å². The number of aliphatic hydroxyl groups is 1. The van der Waals surface area contributed by atoms with Crippen LogP contribution in [0.3, 0.4) is 0 Å². The molecular weight excluding hydrogens is 232 g/mol. The van der Waals surface area contributed by atoms with Crippen molar-refractivity contribution in [2.45, 2.75) is 40.2 Å². The van der Waals surface area contributed by atoms with Crippen LogP contribution in [0.5, 0.6) is 0 Å². The van der Waals surface area contributed by atoms with Crippen LogP contribution in [0.15, 0.2) is 16.9 Å². The summed E-state index contributed by atoms with van der Waals surface area (Å²) in [6.07, 6.45) is 1.18. The Bertz CT molecular complexity index is 372. The quantitative estimate of drug-likeness (QED) is 0.804. The zero-order valence-corrected chi connectivity index (χ0v) is 11.4. The van der Waals surface area contributed by atoms with E-state index in [0.29, 0.717) is 12.2 Å². The molecule has 5 heteroatoms. The molecule has 1 aromatic rings. The summed E-state index contributed by atoms with van der Waals surface area (Å²) in [4.78, 5) is 11.7. The minimum Gasteiger partial charge on any atom is -0.392 e. The zero-order chi connectivity index (χ0) is 13.8. The lowest BCUT2D eigenvalue weighted by molar-refractivity contribution is -0.121. The topological polar surface area (TPSA) is 75.4 Å². The Balaban J connectivity index is 2.42. The van der Waals surface area contributed by atoms with Crippen molar-refractivity contribution in [3.05, 3.63) is 18.0 Å². The third kappa shape index (κ3) is 4.14. The molecule has 1 rings (SSSR count). The Morgan fingerprint density at radius 1 is 1.56 bits per heavy atom. The van der Waals surface area contributed by atoms with E-state index in [4.69, 9.17) is 0 Å². The molecule has 1 amide bonds. The average molecular weight is 254 g/mol. The summed E-state index contributed by atoms with van der Waals surface area (Å²) in [7, 11) is 0. The third-order valence-corrected chi connectivity index (χ3v) is 3.01. The van der Waals surface area contributed by atoms with Crippen LogP contribution in [0, 0.1) is 11.3 Å². The lowest BCUT2D eigenvalue weighted by atomic mass is 9.80. The zero-order valence-electron chi connectivity index (χ0n) is 11.4. The summed E-state index contributed by atoms with van der Waals surface area (Å²) in [5.74, 6) is 0.0420. The molecule has 5 nitrogen and oxygen atoms in total. The van der Waals surface area contributed by atoms with Gasteiger partial charge in [-0.15, -0.1) is 0 Å². The predicted molar refractivity (Wildman–Crippen MR) is 67.8 cm³/mol. The number of carbonyl (C=O) groups is 1. The van der Waals surface area contributed by atoms with Gasteiger partial charge in [0.2, 0.25) is 5.91 Å². The first kappa shape index (κ1) is 14.7. The summed E-state index contributed by atoms with van der Waals surface area (Å²) in [5, 5.41) is 16.5. The SMILES string of the molecule is CC(C)C(O)C(C)(C)CNC(=O)Cc1ccon1. The number of aliphatic hydroxyl groups excluding tert-OH is 1. The van der Waals surface area contributed by atoms with E-state index in [1.165, 1.54) is 6.26 Å². The molecule has 0 bridgehead atoms. The van der Waals surface area contributed by atoms with E-state index in [-0.39, 0.29) is 23.7 Å². The standard InChI is InChI=1S/C13H22N2O3/c1-9(2)12(17)13(3,4)8-14-11(16)7-10-5-6-18-15-10/h5-6,9,12,17H,7-8H2,1-4H3,(H,14,16). The number of nitrogens with one attached hydrogen (secondary N) is 1. The van der Waals surface area contributed by atoms with Gasteiger partial charge in [-0.3, -0.25) is 4.79 Å². The van der Waals surface area contributed by atoms with Crippen LogP contribution in [-0.4, -0.2) is 28.8 Å². The summed E-state index contributed by atoms with van der Waals surface area (Å²) in [6.45, 7) is 8.23. The predicted octanol–water partition coefficient (Wildman–Crippen LogP) is 1.38. The van der Waals surface area contributed by atoms with Crippen molar-refractivity contribution in [3.63, 3.8) is 0 Å². The molecular formula is C13H22N2O3. The number of hydrogen-bond acceptors (Lipinski definition) is 4. The lowest BCUT2D eigenvalue weighted by Crippen LogP contribution is -2.44. The van der Waals surface area contributed by atoms with Crippen molar-refractivity contribution < 1.29 is 14.4 Å². The van der Waals surface area contributed by atoms with Crippen molar-refractivity contribution in [1.82, 2.24) is 10.5 Å². The van der Waals surface area contributed by atoms with Gasteiger partial charge < -0.3 is 14.9 Å². The average Bonchev–Trinajstić information content (AvgIpc) is 2.78. The van der Waals surface area contributed by atoms with Crippen molar-refractivity contribution in [1.29, 1.82) is 0 Å². The van der Waals surface area contributed by atoms with Gasteiger partial charge in [-0.2, -0.15) is 0 Å². The molecule has 0 aliphatic heterocycles. The number of nitrogens with zero attached hydrogens (tertiary/aromatic N) is 1. The molecule has 1 aromatic heterocycles. The van der Waals surface area contributed by atoms with Gasteiger partial charge >= 0.3 is 0 Å². The normalized spacial score (nSPS) is 13.7. The first-order valence-electron chi connectivity index (χ1n) is 6.17. The first-order valence-corrected chi connectivity index (χ1v) is 6.17. The van der Waals surface area contributed by atoms with Crippen LogP contribution >= 0.6 is 0 Å². The first-order chi connectivity index (χ1) is 8.33. The smallest absolute Gasteiger partial charge is 0.226 e. The van der Waals surface area contributed by atoms with Gasteiger partial charge in [-0.1, -0.05) is 32.9 Å². The number of rotatable bonds is 6. The largest absolute Gasteiger partial charge is 0.392 e. The van der Waals surface area contributed by atoms with Crippen LogP contribution in [0.2, 0.25) is 0 Å². The number of amides is 1. The van der Waals surface area contributed by atoms with Gasteiger partial charge in [0.15, 0.2) is 0 Å². The fourth-order valence-electron chi connectivity index (χ4n) is 1.89. The molecule has 0 aliphatic carbocycles. The maximum Gasteiger partial charge on any atom is 0.226 e. The van der Waals surface area contributed by atoms with Gasteiger partial charge in [0.05, 0.1) is 18.2 Å². The minimum atomic E-state index is -0.454. The Hall–Kier alpha value is -1.36.